The van der Waals surface area contributed by atoms with Gasteiger partial charge in [-0.25, -0.2) is 14.4 Å². The van der Waals surface area contributed by atoms with E-state index in [1.165, 1.54) is 38.5 Å². The Morgan fingerprint density at radius 2 is 1.40 bits per heavy atom. The van der Waals surface area contributed by atoms with Gasteiger partial charge in [0.05, 0.1) is 38.6 Å². The van der Waals surface area contributed by atoms with Gasteiger partial charge in [-0.1, -0.05) is 6.07 Å². The molecule has 14 heteroatoms. The second kappa shape index (κ2) is 16.4. The maximum Gasteiger partial charge on any atom is 0.337 e. The quantitative estimate of drug-likeness (QED) is 0.123. The molecule has 0 radical (unpaired) electrons. The van der Waals surface area contributed by atoms with Crippen LogP contribution in [0.1, 0.15) is 41.4 Å². The minimum atomic E-state index is -1.08. The number of hydrogen-bond acceptors (Lipinski definition) is 11. The Bertz CT molecular complexity index is 1170. The standard InChI is InChI=1S/C26H31N3O11/c1-36-25(34)18-10-17(11-19(12-18)26(35)37-2)24(33)29-7-6-28-23(32)16-4-3-5-20(13-16)40-14-21(27)39-9-8-38-15-22(30)31/h3-5,10-13,21H,6-9,14-15,27H2,1-2H3,(H,28,32)(H,29,33)(H,30,31). The molecular weight excluding hydrogens is 530 g/mol. The van der Waals surface area contributed by atoms with Crippen LogP contribution in [-0.2, 0) is 23.7 Å². The molecule has 2 aromatic rings. The van der Waals surface area contributed by atoms with Gasteiger partial charge in [-0.15, -0.1) is 0 Å². The molecule has 0 fully saturated rings. The second-order valence-electron chi connectivity index (χ2n) is 7.99. The van der Waals surface area contributed by atoms with Gasteiger partial charge in [-0.3, -0.25) is 9.59 Å². The smallest absolute Gasteiger partial charge is 0.337 e. The van der Waals surface area contributed by atoms with Crippen LogP contribution in [-0.4, -0.2) is 94.8 Å². The summed E-state index contributed by atoms with van der Waals surface area (Å²) in [5, 5.41) is 13.8. The number of nitrogens with two attached hydrogens (primary N) is 1. The molecule has 0 aliphatic rings. The van der Waals surface area contributed by atoms with Crippen molar-refractivity contribution in [3.63, 3.8) is 0 Å². The number of esters is 2. The van der Waals surface area contributed by atoms with Gasteiger partial charge in [0.2, 0.25) is 0 Å². The highest BCUT2D eigenvalue weighted by atomic mass is 16.6. The van der Waals surface area contributed by atoms with Crippen LogP contribution in [0.4, 0.5) is 0 Å². The summed E-state index contributed by atoms with van der Waals surface area (Å²) in [6.45, 7) is -0.174. The van der Waals surface area contributed by atoms with E-state index in [4.69, 9.17) is 25.1 Å². The summed E-state index contributed by atoms with van der Waals surface area (Å²) in [6, 6.07) is 10.1. The van der Waals surface area contributed by atoms with E-state index < -0.39 is 42.6 Å². The molecular formula is C26H31N3O11. The summed E-state index contributed by atoms with van der Waals surface area (Å²) in [5.74, 6) is -3.16. The van der Waals surface area contributed by atoms with Crippen molar-refractivity contribution in [1.82, 2.24) is 10.6 Å². The van der Waals surface area contributed by atoms with Crippen molar-refractivity contribution < 1.29 is 52.8 Å². The van der Waals surface area contributed by atoms with Gasteiger partial charge >= 0.3 is 17.9 Å². The summed E-state index contributed by atoms with van der Waals surface area (Å²) >= 11 is 0. The van der Waals surface area contributed by atoms with Crippen molar-refractivity contribution >= 4 is 29.7 Å². The number of ether oxygens (including phenoxy) is 5. The lowest BCUT2D eigenvalue weighted by atomic mass is 10.0. The van der Waals surface area contributed by atoms with Crippen LogP contribution in [0.5, 0.6) is 5.75 Å². The van der Waals surface area contributed by atoms with E-state index in [0.717, 1.165) is 0 Å². The molecule has 1 atom stereocenters. The van der Waals surface area contributed by atoms with Crippen molar-refractivity contribution in [2.75, 3.05) is 53.7 Å². The fourth-order valence-corrected chi connectivity index (χ4v) is 3.16. The van der Waals surface area contributed by atoms with Crippen LogP contribution in [0, 0.1) is 0 Å². The molecule has 1 unspecified atom stereocenters. The third-order valence-electron chi connectivity index (χ3n) is 5.03. The predicted octanol–water partition coefficient (Wildman–Crippen LogP) is 0.201. The Balaban J connectivity index is 1.82. The van der Waals surface area contributed by atoms with Gasteiger partial charge in [0.1, 0.15) is 25.2 Å². The number of carbonyl (C=O) groups is 5. The van der Waals surface area contributed by atoms with Crippen molar-refractivity contribution in [3.8, 4) is 5.75 Å². The monoisotopic (exact) mass is 561 g/mol. The number of carboxylic acids is 1. The predicted molar refractivity (Wildman–Crippen MR) is 138 cm³/mol. The van der Waals surface area contributed by atoms with Crippen LogP contribution in [0.3, 0.4) is 0 Å². The Morgan fingerprint density at radius 1 is 0.825 bits per heavy atom. The summed E-state index contributed by atoms with van der Waals surface area (Å²) < 4.78 is 25.0. The number of rotatable bonds is 16. The molecule has 0 saturated carbocycles. The van der Waals surface area contributed by atoms with Gasteiger partial charge in [0.25, 0.3) is 11.8 Å². The highest BCUT2D eigenvalue weighted by Crippen LogP contribution is 2.14. The lowest BCUT2D eigenvalue weighted by Gasteiger charge is -2.14. The molecule has 2 aromatic carbocycles. The molecule has 0 saturated heterocycles. The minimum absolute atomic E-state index is 0.00299. The first-order chi connectivity index (χ1) is 19.1. The van der Waals surface area contributed by atoms with E-state index in [-0.39, 0.29) is 49.6 Å². The maximum atomic E-state index is 12.6. The molecule has 40 heavy (non-hydrogen) atoms. The number of methoxy groups -OCH3 is 2. The van der Waals surface area contributed by atoms with Crippen LogP contribution in [0.2, 0.25) is 0 Å². The number of amides is 2. The Morgan fingerprint density at radius 3 is 1.98 bits per heavy atom. The third kappa shape index (κ3) is 10.7. The molecule has 0 aliphatic carbocycles. The number of carboxylic acid groups (broad SMARTS) is 1. The average Bonchev–Trinajstić information content (AvgIpc) is 2.96. The summed E-state index contributed by atoms with van der Waals surface area (Å²) in [4.78, 5) is 59.3. The number of aliphatic carboxylic acids is 1. The molecule has 0 bridgehead atoms. The van der Waals surface area contributed by atoms with Gasteiger partial charge in [0, 0.05) is 24.2 Å². The fraction of sp³-hybridized carbons (Fsp3) is 0.346. The molecule has 0 heterocycles. The highest BCUT2D eigenvalue weighted by molar-refractivity contribution is 6.02. The zero-order valence-electron chi connectivity index (χ0n) is 22.0. The van der Waals surface area contributed by atoms with Gasteiger partial charge in [0.15, 0.2) is 0 Å². The van der Waals surface area contributed by atoms with E-state index in [1.54, 1.807) is 18.2 Å². The Kier molecular flexibility index (Phi) is 13.0. The maximum absolute atomic E-state index is 12.6. The number of hydrogen-bond donors (Lipinski definition) is 4. The minimum Gasteiger partial charge on any atom is -0.489 e. The Hall–Kier alpha value is -4.53. The van der Waals surface area contributed by atoms with E-state index >= 15 is 0 Å². The van der Waals surface area contributed by atoms with Crippen LogP contribution >= 0.6 is 0 Å². The van der Waals surface area contributed by atoms with Crippen LogP contribution in [0.25, 0.3) is 0 Å². The highest BCUT2D eigenvalue weighted by Gasteiger charge is 2.17. The first-order valence-corrected chi connectivity index (χ1v) is 11.9. The topological polar surface area (TPSA) is 202 Å². The average molecular weight is 562 g/mol. The number of nitrogens with one attached hydrogen (secondary N) is 2. The fourth-order valence-electron chi connectivity index (χ4n) is 3.16. The van der Waals surface area contributed by atoms with Crippen molar-refractivity contribution in [2.24, 2.45) is 5.73 Å². The first-order valence-electron chi connectivity index (χ1n) is 11.9. The van der Waals surface area contributed by atoms with E-state index in [2.05, 4.69) is 20.1 Å². The third-order valence-corrected chi connectivity index (χ3v) is 5.03. The van der Waals surface area contributed by atoms with Gasteiger partial charge < -0.3 is 45.2 Å². The molecule has 0 spiro atoms. The number of carbonyl (C=O) groups excluding carboxylic acids is 4. The van der Waals surface area contributed by atoms with Crippen LogP contribution in [0.15, 0.2) is 42.5 Å². The molecule has 216 valence electrons. The van der Waals surface area contributed by atoms with E-state index in [0.29, 0.717) is 11.3 Å². The lowest BCUT2D eigenvalue weighted by Crippen LogP contribution is -2.35. The largest absolute Gasteiger partial charge is 0.489 e. The number of benzene rings is 2. The van der Waals surface area contributed by atoms with Crippen molar-refractivity contribution in [3.05, 3.63) is 64.7 Å². The van der Waals surface area contributed by atoms with E-state index in [9.17, 15) is 24.0 Å². The zero-order chi connectivity index (χ0) is 29.5. The van der Waals surface area contributed by atoms with Crippen LogP contribution < -0.4 is 21.1 Å². The van der Waals surface area contributed by atoms with Gasteiger partial charge in [-0.05, 0) is 36.4 Å². The second-order valence-corrected chi connectivity index (χ2v) is 7.99. The summed E-state index contributed by atoms with van der Waals surface area (Å²) in [6.07, 6.45) is -0.800. The summed E-state index contributed by atoms with van der Waals surface area (Å²) in [5.41, 5.74) is 6.13. The molecule has 2 rings (SSSR count). The summed E-state index contributed by atoms with van der Waals surface area (Å²) in [7, 11) is 2.35. The molecule has 0 aliphatic heterocycles. The lowest BCUT2D eigenvalue weighted by molar-refractivity contribution is -0.143. The normalized spacial score (nSPS) is 11.2. The van der Waals surface area contributed by atoms with Crippen molar-refractivity contribution in [2.45, 2.75) is 6.23 Å². The zero-order valence-corrected chi connectivity index (χ0v) is 22.0. The first kappa shape index (κ1) is 31.7. The molecule has 14 nitrogen and oxygen atoms in total. The molecule has 5 N–H and O–H groups in total. The SMILES string of the molecule is COC(=O)c1cc(C(=O)NCCNC(=O)c2cccc(OCC(N)OCCOCC(=O)O)c2)cc(C(=O)OC)c1. The Labute approximate surface area is 229 Å². The van der Waals surface area contributed by atoms with Gasteiger partial charge in [-0.2, -0.15) is 0 Å². The van der Waals surface area contributed by atoms with Crippen molar-refractivity contribution in [1.29, 1.82) is 0 Å². The molecule has 0 aromatic heterocycles. The van der Waals surface area contributed by atoms with E-state index in [1.807, 2.05) is 0 Å². The molecule has 2 amide bonds.